The fourth-order valence-corrected chi connectivity index (χ4v) is 11.7. The van der Waals surface area contributed by atoms with Crippen LogP contribution in [0.3, 0.4) is 0 Å². The minimum atomic E-state index is -0.982. The Hall–Kier alpha value is -1.00. The van der Waals surface area contributed by atoms with Crippen LogP contribution in [0.1, 0.15) is 164 Å². The van der Waals surface area contributed by atoms with Gasteiger partial charge in [-0.05, 0) is 82.3 Å². The first-order valence-electron chi connectivity index (χ1n) is 24.5. The zero-order valence-corrected chi connectivity index (χ0v) is 42.4. The quantitative estimate of drug-likeness (QED) is 0.171. The predicted octanol–water partition coefficient (Wildman–Crippen LogP) is 9.95. The highest BCUT2D eigenvalue weighted by atomic mass is 16.7. The second-order valence-electron chi connectivity index (χ2n) is 21.9. The highest BCUT2D eigenvalue weighted by Crippen LogP contribution is 2.56. The summed E-state index contributed by atoms with van der Waals surface area (Å²) >= 11 is 0. The lowest BCUT2D eigenvalue weighted by molar-refractivity contribution is -0.358. The number of ether oxygens (including phenoxy) is 10. The van der Waals surface area contributed by atoms with Gasteiger partial charge in [0.05, 0.1) is 61.5 Å². The van der Waals surface area contributed by atoms with Crippen LogP contribution < -0.4 is 0 Å². The van der Waals surface area contributed by atoms with Gasteiger partial charge in [0.2, 0.25) is 0 Å². The van der Waals surface area contributed by atoms with E-state index in [1.165, 1.54) is 0 Å². The summed E-state index contributed by atoms with van der Waals surface area (Å²) in [5, 5.41) is 21.6. The van der Waals surface area contributed by atoms with E-state index in [2.05, 4.69) is 74.5 Å². The average Bonchev–Trinajstić information content (AvgIpc) is 3.64. The van der Waals surface area contributed by atoms with Crippen molar-refractivity contribution in [2.75, 3.05) is 27.4 Å². The van der Waals surface area contributed by atoms with Gasteiger partial charge in [-0.1, -0.05) is 88.8 Å². The summed E-state index contributed by atoms with van der Waals surface area (Å²) in [7, 11) is 3.30. The Labute approximate surface area is 390 Å². The number of aliphatic hydroxyl groups is 2. The predicted molar refractivity (Wildman–Crippen MR) is 253 cm³/mol. The van der Waals surface area contributed by atoms with Crippen molar-refractivity contribution in [3.63, 3.8) is 0 Å². The van der Waals surface area contributed by atoms with E-state index in [-0.39, 0.29) is 73.7 Å². The number of rotatable bonds is 13. The van der Waals surface area contributed by atoms with E-state index in [1.54, 1.807) is 14.2 Å². The lowest BCUT2D eigenvalue weighted by Crippen LogP contribution is -2.59. The largest absolute Gasteiger partial charge is 0.388 e. The Bertz CT molecular complexity index is 1540. The van der Waals surface area contributed by atoms with Crippen LogP contribution in [-0.4, -0.2) is 129 Å². The highest BCUT2D eigenvalue weighted by Gasteiger charge is 2.58. The van der Waals surface area contributed by atoms with Gasteiger partial charge in [-0.15, -0.1) is 0 Å². The minimum Gasteiger partial charge on any atom is -0.388 e. The van der Waals surface area contributed by atoms with Crippen LogP contribution in [0, 0.1) is 28.1 Å². The Morgan fingerprint density at radius 2 is 1.62 bits per heavy atom. The second kappa shape index (κ2) is 22.2. The van der Waals surface area contributed by atoms with Crippen molar-refractivity contribution in [3.8, 4) is 0 Å². The minimum absolute atomic E-state index is 0. The molecular formula is C52H96O12. The third kappa shape index (κ3) is 12.0. The van der Waals surface area contributed by atoms with Crippen LogP contribution in [0.25, 0.3) is 0 Å². The normalized spacial score (nSPS) is 44.7. The molecule has 0 amide bonds. The SMILES string of the molecule is C.CC.CO[C@H]1C[C@@](C)(O[C@@H]2[C@H](C)O[C@@H](O[C@@H](/C(C)=C/C[C@@H]3C[C@H](OC[C@@]4(C)C=C(C)[C@@H](O)C5OCC[C@@]54C)C[C@]4(CC[C@@H](C)[C@H](C(C)(C)C)O4)O3)C(C)C)C[C@@H]2OC)O[C@@H](C)[C@H]1O.[HH]. The van der Waals surface area contributed by atoms with E-state index >= 15 is 0 Å². The van der Waals surface area contributed by atoms with Gasteiger partial charge in [0.1, 0.15) is 18.3 Å². The molecule has 64 heavy (non-hydrogen) atoms. The van der Waals surface area contributed by atoms with Gasteiger partial charge in [-0.2, -0.15) is 0 Å². The van der Waals surface area contributed by atoms with Crippen molar-refractivity contribution >= 4 is 0 Å². The van der Waals surface area contributed by atoms with Crippen LogP contribution in [0.5, 0.6) is 0 Å². The number of methoxy groups -OCH3 is 2. The molecule has 6 rings (SSSR count). The molecule has 12 heteroatoms. The van der Waals surface area contributed by atoms with Crippen LogP contribution in [0.15, 0.2) is 23.3 Å². The van der Waals surface area contributed by atoms with Crippen LogP contribution in [0.2, 0.25) is 0 Å². The van der Waals surface area contributed by atoms with E-state index in [0.29, 0.717) is 44.8 Å². The average molecular weight is 913 g/mol. The van der Waals surface area contributed by atoms with E-state index < -0.39 is 48.4 Å². The van der Waals surface area contributed by atoms with Crippen molar-refractivity contribution in [3.05, 3.63) is 23.3 Å². The molecule has 0 aromatic heterocycles. The Morgan fingerprint density at radius 1 is 0.953 bits per heavy atom. The summed E-state index contributed by atoms with van der Waals surface area (Å²) < 4.78 is 65.2. The van der Waals surface area contributed by atoms with Crippen molar-refractivity contribution < 1.29 is 59.0 Å². The van der Waals surface area contributed by atoms with E-state index in [4.69, 9.17) is 47.4 Å². The van der Waals surface area contributed by atoms with Crippen LogP contribution >= 0.6 is 0 Å². The molecule has 0 aromatic rings. The Kier molecular flexibility index (Phi) is 19.3. The molecule has 5 aliphatic heterocycles. The van der Waals surface area contributed by atoms with Gasteiger partial charge in [0.25, 0.3) is 0 Å². The fourth-order valence-electron chi connectivity index (χ4n) is 11.7. The summed E-state index contributed by atoms with van der Waals surface area (Å²) in [6.45, 7) is 33.0. The third-order valence-corrected chi connectivity index (χ3v) is 15.4. The summed E-state index contributed by atoms with van der Waals surface area (Å²) in [5.41, 5.74) is 1.52. The maximum absolute atomic E-state index is 11.1. The standard InChI is InChI=1S/C49H84O12.C2H6.CH4.H2/c1-28(2)41(57-38-23-36(52-14)42(33(7)56-38)60-48(13)26-37(53-15)40(51)32(6)58-48)29(3)16-17-34-22-35(25-49(59-34)19-18-30(4)43(61-49)45(8,9)10)55-27-46(11)24-31(5)39(50)44-47(46,12)20-21-54-44;1-2;;/h16,24,28,30,32-44,50-51H,17-23,25-27H2,1-15H3;1-2H3;1H4;1H/b29-16+;;;/t30-,32+,33+,34-,35+,36+,37+,38+,39-,40-,41-,42-,43-,44?,46-,47+,48-,49-;;;/m1.../s1. The molecule has 376 valence electrons. The van der Waals surface area contributed by atoms with Crippen molar-refractivity contribution in [2.45, 2.75) is 254 Å². The molecule has 1 unspecified atom stereocenters. The second-order valence-corrected chi connectivity index (χ2v) is 21.9. The smallest absolute Gasteiger partial charge is 0.171 e. The first-order valence-corrected chi connectivity index (χ1v) is 24.5. The number of hydrogen-bond acceptors (Lipinski definition) is 12. The van der Waals surface area contributed by atoms with Crippen molar-refractivity contribution in [2.24, 2.45) is 28.1 Å². The number of fused-ring (bicyclic) bond motifs is 1. The van der Waals surface area contributed by atoms with Crippen molar-refractivity contribution in [1.29, 1.82) is 0 Å². The molecule has 5 fully saturated rings. The van der Waals surface area contributed by atoms with Gasteiger partial charge in [-0.25, -0.2) is 0 Å². The fraction of sp³-hybridized carbons (Fsp3) is 0.923. The summed E-state index contributed by atoms with van der Waals surface area (Å²) in [5.74, 6) is -1.11. The zero-order chi connectivity index (χ0) is 46.9. The maximum Gasteiger partial charge on any atom is 0.171 e. The van der Waals surface area contributed by atoms with Crippen molar-refractivity contribution in [1.82, 2.24) is 0 Å². The van der Waals surface area contributed by atoms with E-state index in [1.807, 2.05) is 41.5 Å². The van der Waals surface area contributed by atoms with Gasteiger partial charge in [0.15, 0.2) is 17.9 Å². The molecule has 12 nitrogen and oxygen atoms in total. The molecule has 1 aliphatic carbocycles. The van der Waals surface area contributed by atoms with E-state index in [9.17, 15) is 10.2 Å². The Morgan fingerprint density at radius 3 is 2.25 bits per heavy atom. The monoisotopic (exact) mass is 913 g/mol. The van der Waals surface area contributed by atoms with E-state index in [0.717, 1.165) is 36.8 Å². The maximum atomic E-state index is 11.1. The summed E-state index contributed by atoms with van der Waals surface area (Å²) in [4.78, 5) is 0. The Balaban J connectivity index is 0.00000277. The first kappa shape index (κ1) is 55.6. The van der Waals surface area contributed by atoms with Gasteiger partial charge in [-0.3, -0.25) is 0 Å². The number of hydrogen-bond donors (Lipinski definition) is 2. The summed E-state index contributed by atoms with van der Waals surface area (Å²) in [6.07, 6.45) is 5.97. The molecule has 0 bridgehead atoms. The van der Waals surface area contributed by atoms with Gasteiger partial charge >= 0.3 is 0 Å². The molecule has 0 saturated carbocycles. The molecule has 5 saturated heterocycles. The van der Waals surface area contributed by atoms with Crippen LogP contribution in [0.4, 0.5) is 0 Å². The molecule has 6 aliphatic rings. The topological polar surface area (TPSA) is 133 Å². The molecule has 5 heterocycles. The zero-order valence-electron chi connectivity index (χ0n) is 42.4. The molecule has 0 aromatic carbocycles. The molecule has 2 N–H and O–H groups in total. The molecule has 0 radical (unpaired) electrons. The number of aliphatic hydroxyl groups excluding tert-OH is 2. The van der Waals surface area contributed by atoms with Gasteiger partial charge < -0.3 is 57.6 Å². The lowest BCUT2D eigenvalue weighted by Gasteiger charge is -2.53. The third-order valence-electron chi connectivity index (χ3n) is 15.4. The highest BCUT2D eigenvalue weighted by molar-refractivity contribution is 5.26. The van der Waals surface area contributed by atoms with Crippen LogP contribution in [-0.2, 0) is 47.4 Å². The molecular weight excluding hydrogens is 817 g/mol. The summed E-state index contributed by atoms with van der Waals surface area (Å²) in [6, 6.07) is 0. The lowest BCUT2D eigenvalue weighted by atomic mass is 9.57. The molecule has 18 atom stereocenters. The van der Waals surface area contributed by atoms with Gasteiger partial charge in [0, 0.05) is 65.2 Å². The first-order chi connectivity index (χ1) is 29.5. The molecule has 1 spiro atoms.